The van der Waals surface area contributed by atoms with Gasteiger partial charge in [0.2, 0.25) is 5.91 Å². The summed E-state index contributed by atoms with van der Waals surface area (Å²) in [7, 11) is 1.93. The van der Waals surface area contributed by atoms with Crippen LogP contribution in [0, 0.1) is 5.92 Å². The third kappa shape index (κ3) is 5.26. The normalized spacial score (nSPS) is 12.2. The van der Waals surface area contributed by atoms with Crippen LogP contribution < -0.4 is 5.32 Å². The maximum absolute atomic E-state index is 12.6. The van der Waals surface area contributed by atoms with Gasteiger partial charge in [-0.05, 0) is 23.5 Å². The molecule has 1 heterocycles. The van der Waals surface area contributed by atoms with Crippen LogP contribution in [0.2, 0.25) is 0 Å². The highest BCUT2D eigenvalue weighted by Crippen LogP contribution is 2.24. The van der Waals surface area contributed by atoms with Crippen LogP contribution in [-0.2, 0) is 18.3 Å². The van der Waals surface area contributed by atoms with E-state index in [0.29, 0.717) is 11.7 Å². The highest BCUT2D eigenvalue weighted by molar-refractivity contribution is 7.99. The molecule has 3 rings (SSSR count). The number of hydrogen-bond donors (Lipinski definition) is 1. The molecular weight excluding hydrogens is 380 g/mol. The first-order valence-corrected chi connectivity index (χ1v) is 10.9. The molecule has 0 saturated heterocycles. The minimum atomic E-state index is -0.00613. The van der Waals surface area contributed by atoms with E-state index in [0.717, 1.165) is 28.5 Å². The Morgan fingerprint density at radius 1 is 1.07 bits per heavy atom. The molecule has 1 atom stereocenters. The number of thioether (sulfide) groups is 1. The number of benzene rings is 2. The van der Waals surface area contributed by atoms with Crippen molar-refractivity contribution in [3.8, 4) is 11.4 Å². The van der Waals surface area contributed by atoms with Crippen LogP contribution in [0.4, 0.5) is 0 Å². The molecule has 0 radical (unpaired) electrons. The first-order chi connectivity index (χ1) is 14.0. The summed E-state index contributed by atoms with van der Waals surface area (Å²) in [6.07, 6.45) is 1.01. The molecule has 0 aliphatic carbocycles. The second-order valence-electron chi connectivity index (χ2n) is 7.40. The predicted molar refractivity (Wildman–Crippen MR) is 119 cm³/mol. The van der Waals surface area contributed by atoms with E-state index in [1.807, 2.05) is 41.9 Å². The van der Waals surface area contributed by atoms with Crippen molar-refractivity contribution in [1.82, 2.24) is 20.1 Å². The van der Waals surface area contributed by atoms with Gasteiger partial charge in [0.05, 0.1) is 11.8 Å². The molecular formula is C23H28N4OS. The molecule has 3 aromatic rings. The number of carbonyl (C=O) groups is 1. The lowest BCUT2D eigenvalue weighted by atomic mass is 9.95. The fourth-order valence-corrected chi connectivity index (χ4v) is 3.94. The SMILES string of the molecule is CCc1ccc([C@H](NC(=O)CSc2nnc(-c3ccccc3)n2C)C(C)C)cc1. The van der Waals surface area contributed by atoms with Crippen molar-refractivity contribution < 1.29 is 4.79 Å². The Morgan fingerprint density at radius 2 is 1.76 bits per heavy atom. The third-order valence-corrected chi connectivity index (χ3v) is 5.95. The second kappa shape index (κ2) is 9.74. The number of nitrogens with one attached hydrogen (secondary N) is 1. The summed E-state index contributed by atoms with van der Waals surface area (Å²) in [5.74, 6) is 1.40. The van der Waals surface area contributed by atoms with Gasteiger partial charge in [0.15, 0.2) is 11.0 Å². The van der Waals surface area contributed by atoms with Gasteiger partial charge >= 0.3 is 0 Å². The fraction of sp³-hybridized carbons (Fsp3) is 0.348. The Bertz CT molecular complexity index is 935. The average molecular weight is 409 g/mol. The molecule has 0 unspecified atom stereocenters. The van der Waals surface area contributed by atoms with E-state index < -0.39 is 0 Å². The van der Waals surface area contributed by atoms with E-state index in [9.17, 15) is 4.79 Å². The van der Waals surface area contributed by atoms with Gasteiger partial charge in [-0.25, -0.2) is 0 Å². The van der Waals surface area contributed by atoms with Gasteiger partial charge in [-0.15, -0.1) is 10.2 Å². The maximum Gasteiger partial charge on any atom is 0.230 e. The maximum atomic E-state index is 12.6. The van der Waals surface area contributed by atoms with E-state index in [-0.39, 0.29) is 11.9 Å². The molecule has 1 N–H and O–H groups in total. The smallest absolute Gasteiger partial charge is 0.230 e. The Balaban J connectivity index is 1.63. The van der Waals surface area contributed by atoms with Crippen molar-refractivity contribution in [3.63, 3.8) is 0 Å². The van der Waals surface area contributed by atoms with Gasteiger partial charge in [-0.3, -0.25) is 4.79 Å². The third-order valence-electron chi connectivity index (χ3n) is 4.93. The fourth-order valence-electron chi connectivity index (χ4n) is 3.22. The Kier molecular flexibility index (Phi) is 7.09. The number of rotatable bonds is 8. The molecule has 1 amide bonds. The quantitative estimate of drug-likeness (QED) is 0.551. The number of hydrogen-bond acceptors (Lipinski definition) is 4. The first-order valence-electron chi connectivity index (χ1n) is 9.95. The van der Waals surface area contributed by atoms with E-state index in [2.05, 4.69) is 60.6 Å². The second-order valence-corrected chi connectivity index (χ2v) is 8.35. The predicted octanol–water partition coefficient (Wildman–Crippen LogP) is 4.65. The Hall–Kier alpha value is -2.60. The molecule has 152 valence electrons. The van der Waals surface area contributed by atoms with Gasteiger partial charge in [-0.1, -0.05) is 87.1 Å². The van der Waals surface area contributed by atoms with Crippen molar-refractivity contribution in [3.05, 3.63) is 65.7 Å². The molecule has 2 aromatic carbocycles. The Morgan fingerprint density at radius 3 is 2.38 bits per heavy atom. The molecule has 0 aliphatic heterocycles. The van der Waals surface area contributed by atoms with E-state index in [1.54, 1.807) is 0 Å². The molecule has 6 heteroatoms. The van der Waals surface area contributed by atoms with Crippen LogP contribution in [0.1, 0.15) is 37.9 Å². The molecule has 1 aromatic heterocycles. The van der Waals surface area contributed by atoms with Gasteiger partial charge in [0, 0.05) is 12.6 Å². The molecule has 29 heavy (non-hydrogen) atoms. The number of aryl methyl sites for hydroxylation is 1. The average Bonchev–Trinajstić information content (AvgIpc) is 3.11. The minimum Gasteiger partial charge on any atom is -0.348 e. The lowest BCUT2D eigenvalue weighted by Crippen LogP contribution is -2.33. The minimum absolute atomic E-state index is 0.00229. The molecule has 0 aliphatic rings. The molecule has 5 nitrogen and oxygen atoms in total. The van der Waals surface area contributed by atoms with Crippen molar-refractivity contribution in [2.45, 2.75) is 38.4 Å². The summed E-state index contributed by atoms with van der Waals surface area (Å²) in [6.45, 7) is 6.39. The largest absolute Gasteiger partial charge is 0.348 e. The number of carbonyl (C=O) groups excluding carboxylic acids is 1. The van der Waals surface area contributed by atoms with E-state index >= 15 is 0 Å². The standard InChI is InChI=1S/C23H28N4OS/c1-5-17-11-13-18(14-12-17)21(16(2)3)24-20(28)15-29-23-26-25-22(27(23)4)19-9-7-6-8-10-19/h6-14,16,21H,5,15H2,1-4H3,(H,24,28)/t21-/m1/s1. The zero-order valence-corrected chi connectivity index (χ0v) is 18.2. The lowest BCUT2D eigenvalue weighted by molar-refractivity contribution is -0.119. The van der Waals surface area contributed by atoms with Crippen LogP contribution in [0.3, 0.4) is 0 Å². The van der Waals surface area contributed by atoms with E-state index in [4.69, 9.17) is 0 Å². The Labute approximate surface area is 176 Å². The summed E-state index contributed by atoms with van der Waals surface area (Å²) in [5, 5.41) is 12.4. The van der Waals surface area contributed by atoms with Crippen molar-refractivity contribution in [1.29, 1.82) is 0 Å². The van der Waals surface area contributed by atoms with Gasteiger partial charge in [0.1, 0.15) is 0 Å². The topological polar surface area (TPSA) is 59.8 Å². The van der Waals surface area contributed by atoms with Gasteiger partial charge in [0.25, 0.3) is 0 Å². The monoisotopic (exact) mass is 408 g/mol. The van der Waals surface area contributed by atoms with Crippen molar-refractivity contribution in [2.75, 3.05) is 5.75 Å². The summed E-state index contributed by atoms with van der Waals surface area (Å²) in [4.78, 5) is 12.6. The van der Waals surface area contributed by atoms with E-state index in [1.165, 1.54) is 17.3 Å². The number of amides is 1. The van der Waals surface area contributed by atoms with Crippen LogP contribution in [-0.4, -0.2) is 26.4 Å². The summed E-state index contributed by atoms with van der Waals surface area (Å²) < 4.78 is 1.93. The van der Waals surface area contributed by atoms with Crippen LogP contribution in [0.15, 0.2) is 59.8 Å². The van der Waals surface area contributed by atoms with Crippen LogP contribution in [0.25, 0.3) is 11.4 Å². The van der Waals surface area contributed by atoms with Crippen LogP contribution >= 0.6 is 11.8 Å². The highest BCUT2D eigenvalue weighted by atomic mass is 32.2. The highest BCUT2D eigenvalue weighted by Gasteiger charge is 2.19. The number of aromatic nitrogens is 3. The molecule has 0 spiro atoms. The van der Waals surface area contributed by atoms with Gasteiger partial charge in [-0.2, -0.15) is 0 Å². The zero-order valence-electron chi connectivity index (χ0n) is 17.4. The summed E-state index contributed by atoms with van der Waals surface area (Å²) in [5.41, 5.74) is 3.45. The summed E-state index contributed by atoms with van der Waals surface area (Å²) in [6, 6.07) is 18.4. The zero-order chi connectivity index (χ0) is 20.8. The van der Waals surface area contributed by atoms with Crippen LogP contribution in [0.5, 0.6) is 0 Å². The first kappa shape index (κ1) is 21.1. The summed E-state index contributed by atoms with van der Waals surface area (Å²) >= 11 is 1.40. The lowest BCUT2D eigenvalue weighted by Gasteiger charge is -2.23. The number of nitrogens with zero attached hydrogens (tertiary/aromatic N) is 3. The molecule has 0 saturated carbocycles. The van der Waals surface area contributed by atoms with Crippen molar-refractivity contribution >= 4 is 17.7 Å². The van der Waals surface area contributed by atoms with Crippen molar-refractivity contribution in [2.24, 2.45) is 13.0 Å². The van der Waals surface area contributed by atoms with Gasteiger partial charge < -0.3 is 9.88 Å². The molecule has 0 bridgehead atoms. The molecule has 0 fully saturated rings.